The third-order valence-electron chi connectivity index (χ3n) is 5.20. The van der Waals surface area contributed by atoms with Crippen LogP contribution in [0.2, 0.25) is 0 Å². The topological polar surface area (TPSA) is 83.7 Å². The number of anilines is 1. The van der Waals surface area contributed by atoms with Crippen molar-refractivity contribution in [1.29, 1.82) is 5.26 Å². The minimum absolute atomic E-state index is 0.134. The van der Waals surface area contributed by atoms with Gasteiger partial charge in [-0.1, -0.05) is 18.2 Å². The molecule has 0 spiro atoms. The summed E-state index contributed by atoms with van der Waals surface area (Å²) in [4.78, 5) is 18.0. The van der Waals surface area contributed by atoms with Gasteiger partial charge in [-0.25, -0.2) is 4.99 Å². The molecule has 1 aliphatic carbocycles. The van der Waals surface area contributed by atoms with Gasteiger partial charge in [-0.3, -0.25) is 4.79 Å². The Kier molecular flexibility index (Phi) is 6.83. The summed E-state index contributed by atoms with van der Waals surface area (Å²) < 4.78 is 11.1. The lowest BCUT2D eigenvalue weighted by atomic mass is 9.96. The van der Waals surface area contributed by atoms with Crippen LogP contribution < -0.4 is 14.8 Å². The van der Waals surface area contributed by atoms with Gasteiger partial charge in [-0.05, 0) is 67.1 Å². The van der Waals surface area contributed by atoms with Gasteiger partial charge in [0.15, 0.2) is 18.1 Å². The van der Waals surface area contributed by atoms with Gasteiger partial charge in [0.05, 0.1) is 12.7 Å². The first-order valence-corrected chi connectivity index (χ1v) is 11.2. The zero-order chi connectivity index (χ0) is 22.3. The third kappa shape index (κ3) is 4.98. The van der Waals surface area contributed by atoms with Gasteiger partial charge in [0.2, 0.25) is 0 Å². The van der Waals surface area contributed by atoms with Gasteiger partial charge in [-0.2, -0.15) is 5.26 Å². The standard InChI is InChI=1S/C25H23N3O3S/c1-30-22-13-17(15-27-25-20(14-26)19-9-5-6-10-23(19)32-25)11-12-21(22)31-16-24(29)28-18-7-3-2-4-8-18/h2-4,7-8,11-13,15H,5-6,9-10,16H2,1H3,(H,28,29)/b27-15+. The fourth-order valence-electron chi connectivity index (χ4n) is 3.64. The summed E-state index contributed by atoms with van der Waals surface area (Å²) >= 11 is 1.61. The molecular formula is C25H23N3O3S. The van der Waals surface area contributed by atoms with E-state index in [2.05, 4.69) is 16.4 Å². The molecule has 0 saturated carbocycles. The van der Waals surface area contributed by atoms with E-state index in [1.54, 1.807) is 36.8 Å². The number of fused-ring (bicyclic) bond motifs is 1. The quantitative estimate of drug-likeness (QED) is 0.502. The van der Waals surface area contributed by atoms with Crippen molar-refractivity contribution in [3.05, 3.63) is 70.1 Å². The van der Waals surface area contributed by atoms with Crippen molar-refractivity contribution in [3.8, 4) is 17.6 Å². The first kappa shape index (κ1) is 21.6. The minimum atomic E-state index is -0.255. The summed E-state index contributed by atoms with van der Waals surface area (Å²) in [6, 6.07) is 16.9. The molecule has 1 heterocycles. The summed E-state index contributed by atoms with van der Waals surface area (Å²) in [6.07, 6.45) is 6.02. The second-order valence-electron chi connectivity index (χ2n) is 7.37. The maximum absolute atomic E-state index is 12.1. The maximum Gasteiger partial charge on any atom is 0.262 e. The van der Waals surface area contributed by atoms with Crippen LogP contribution in [0.5, 0.6) is 11.5 Å². The van der Waals surface area contributed by atoms with Crippen molar-refractivity contribution >= 4 is 34.1 Å². The van der Waals surface area contributed by atoms with Crippen LogP contribution in [-0.4, -0.2) is 25.8 Å². The molecule has 0 radical (unpaired) electrons. The van der Waals surface area contributed by atoms with E-state index in [-0.39, 0.29) is 12.5 Å². The summed E-state index contributed by atoms with van der Waals surface area (Å²) in [5, 5.41) is 13.1. The molecule has 1 N–H and O–H groups in total. The van der Waals surface area contributed by atoms with Crippen LogP contribution in [0.4, 0.5) is 10.7 Å². The molecule has 32 heavy (non-hydrogen) atoms. The van der Waals surface area contributed by atoms with Crippen LogP contribution in [-0.2, 0) is 17.6 Å². The number of para-hydroxylation sites is 1. The molecular weight excluding hydrogens is 422 g/mol. The fourth-order valence-corrected chi connectivity index (χ4v) is 4.82. The molecule has 0 bridgehead atoms. The SMILES string of the molecule is COc1cc(/C=N/c2sc3c(c2C#N)CCCC3)ccc1OCC(=O)Nc1ccccc1. The van der Waals surface area contributed by atoms with Crippen LogP contribution >= 0.6 is 11.3 Å². The molecule has 0 atom stereocenters. The molecule has 1 aromatic heterocycles. The maximum atomic E-state index is 12.1. The number of hydrogen-bond acceptors (Lipinski definition) is 6. The number of carbonyl (C=O) groups is 1. The van der Waals surface area contributed by atoms with Gasteiger partial charge < -0.3 is 14.8 Å². The summed E-state index contributed by atoms with van der Waals surface area (Å²) in [6.45, 7) is -0.134. The Bertz CT molecular complexity index is 1180. The Morgan fingerprint density at radius 2 is 2.00 bits per heavy atom. The van der Waals surface area contributed by atoms with Gasteiger partial charge in [0.25, 0.3) is 5.91 Å². The molecule has 1 aliphatic rings. The van der Waals surface area contributed by atoms with E-state index in [1.807, 2.05) is 36.4 Å². The molecule has 2 aromatic carbocycles. The van der Waals surface area contributed by atoms with Gasteiger partial charge in [0, 0.05) is 16.8 Å². The van der Waals surface area contributed by atoms with Crippen LogP contribution in [0.25, 0.3) is 0 Å². The number of ether oxygens (including phenoxy) is 2. The van der Waals surface area contributed by atoms with E-state index in [0.717, 1.165) is 29.8 Å². The highest BCUT2D eigenvalue weighted by molar-refractivity contribution is 7.16. The van der Waals surface area contributed by atoms with E-state index in [1.165, 1.54) is 16.9 Å². The van der Waals surface area contributed by atoms with E-state index < -0.39 is 0 Å². The fraction of sp³-hybridized carbons (Fsp3) is 0.240. The van der Waals surface area contributed by atoms with Crippen molar-refractivity contribution in [2.45, 2.75) is 25.7 Å². The number of methoxy groups -OCH3 is 1. The lowest BCUT2D eigenvalue weighted by Crippen LogP contribution is -2.20. The average Bonchev–Trinajstić information content (AvgIpc) is 3.19. The van der Waals surface area contributed by atoms with Crippen molar-refractivity contribution in [2.75, 3.05) is 19.0 Å². The molecule has 0 unspecified atom stereocenters. The first-order chi connectivity index (χ1) is 15.7. The largest absolute Gasteiger partial charge is 0.493 e. The number of aliphatic imine (C=N–C) groups is 1. The Labute approximate surface area is 191 Å². The Hall–Kier alpha value is -3.63. The van der Waals surface area contributed by atoms with Crippen molar-refractivity contribution < 1.29 is 14.3 Å². The van der Waals surface area contributed by atoms with Crippen LogP contribution in [0.1, 0.15) is 34.4 Å². The number of benzene rings is 2. The van der Waals surface area contributed by atoms with Crippen LogP contribution in [0, 0.1) is 11.3 Å². The highest BCUT2D eigenvalue weighted by Gasteiger charge is 2.20. The number of nitrogens with zero attached hydrogens (tertiary/aromatic N) is 2. The van der Waals surface area contributed by atoms with E-state index in [0.29, 0.717) is 22.7 Å². The predicted octanol–water partition coefficient (Wildman–Crippen LogP) is 5.28. The Morgan fingerprint density at radius 3 is 2.78 bits per heavy atom. The second kappa shape index (κ2) is 10.1. The highest BCUT2D eigenvalue weighted by atomic mass is 32.1. The van der Waals surface area contributed by atoms with E-state index >= 15 is 0 Å². The Balaban J connectivity index is 1.44. The molecule has 0 saturated heterocycles. The number of thiophene rings is 1. The molecule has 7 heteroatoms. The molecule has 6 nitrogen and oxygen atoms in total. The van der Waals surface area contributed by atoms with Crippen LogP contribution in [0.15, 0.2) is 53.5 Å². The number of hydrogen-bond donors (Lipinski definition) is 1. The van der Waals surface area contributed by atoms with Gasteiger partial charge in [-0.15, -0.1) is 11.3 Å². The molecule has 4 rings (SSSR count). The van der Waals surface area contributed by atoms with Crippen LogP contribution in [0.3, 0.4) is 0 Å². The Morgan fingerprint density at radius 1 is 1.19 bits per heavy atom. The second-order valence-corrected chi connectivity index (χ2v) is 8.46. The molecule has 162 valence electrons. The smallest absolute Gasteiger partial charge is 0.262 e. The summed E-state index contributed by atoms with van der Waals surface area (Å²) in [5.41, 5.74) is 3.41. The normalized spacial score (nSPS) is 12.8. The number of aryl methyl sites for hydroxylation is 1. The molecule has 1 amide bonds. The highest BCUT2D eigenvalue weighted by Crippen LogP contribution is 2.39. The number of nitriles is 1. The number of amides is 1. The van der Waals surface area contributed by atoms with E-state index in [4.69, 9.17) is 9.47 Å². The van der Waals surface area contributed by atoms with E-state index in [9.17, 15) is 10.1 Å². The third-order valence-corrected chi connectivity index (χ3v) is 6.40. The minimum Gasteiger partial charge on any atom is -0.493 e. The zero-order valence-corrected chi connectivity index (χ0v) is 18.6. The lowest BCUT2D eigenvalue weighted by molar-refractivity contribution is -0.118. The van der Waals surface area contributed by atoms with Crippen molar-refractivity contribution in [2.24, 2.45) is 4.99 Å². The predicted molar refractivity (Wildman–Crippen MR) is 126 cm³/mol. The van der Waals surface area contributed by atoms with Gasteiger partial charge in [0.1, 0.15) is 11.1 Å². The number of carbonyl (C=O) groups excluding carboxylic acids is 1. The van der Waals surface area contributed by atoms with Crippen molar-refractivity contribution in [3.63, 3.8) is 0 Å². The summed E-state index contributed by atoms with van der Waals surface area (Å²) in [5.74, 6) is 0.721. The number of nitrogens with one attached hydrogen (secondary N) is 1. The number of rotatable bonds is 7. The first-order valence-electron chi connectivity index (χ1n) is 10.4. The summed E-state index contributed by atoms with van der Waals surface area (Å²) in [7, 11) is 1.55. The monoisotopic (exact) mass is 445 g/mol. The average molecular weight is 446 g/mol. The molecule has 0 fully saturated rings. The van der Waals surface area contributed by atoms with Crippen molar-refractivity contribution in [1.82, 2.24) is 0 Å². The lowest BCUT2D eigenvalue weighted by Gasteiger charge is -2.11. The zero-order valence-electron chi connectivity index (χ0n) is 17.8. The molecule has 0 aliphatic heterocycles. The van der Waals surface area contributed by atoms with Gasteiger partial charge >= 0.3 is 0 Å². The molecule has 3 aromatic rings.